The second-order valence-electron chi connectivity index (χ2n) is 7.12. The van der Waals surface area contributed by atoms with E-state index in [1.54, 1.807) is 12.1 Å². The molecular formula is C17H28N2O3S. The van der Waals surface area contributed by atoms with Gasteiger partial charge in [0.15, 0.2) is 0 Å². The van der Waals surface area contributed by atoms with E-state index in [1.165, 1.54) is 6.07 Å². The molecule has 23 heavy (non-hydrogen) atoms. The number of nitrogens with two attached hydrogens (primary N) is 1. The Labute approximate surface area is 139 Å². The maximum Gasteiger partial charge on any atom is 0.238 e. The lowest BCUT2D eigenvalue weighted by molar-refractivity contribution is -0.0368. The van der Waals surface area contributed by atoms with Crippen LogP contribution in [0.3, 0.4) is 0 Å². The molecule has 0 radical (unpaired) electrons. The number of primary sulfonamides is 1. The van der Waals surface area contributed by atoms with Crippen LogP contribution in [-0.4, -0.2) is 37.6 Å². The van der Waals surface area contributed by atoms with E-state index < -0.39 is 15.6 Å². The van der Waals surface area contributed by atoms with Crippen LogP contribution < -0.4 is 5.14 Å². The Morgan fingerprint density at radius 3 is 2.57 bits per heavy atom. The number of nitrogens with zero attached hydrogens (tertiary/aromatic N) is 1. The Balaban J connectivity index is 2.09. The summed E-state index contributed by atoms with van der Waals surface area (Å²) in [5, 5.41) is 16.0. The van der Waals surface area contributed by atoms with E-state index in [2.05, 4.69) is 11.8 Å². The first-order valence-electron chi connectivity index (χ1n) is 8.16. The maximum atomic E-state index is 11.5. The molecule has 6 heteroatoms. The molecule has 1 aromatic carbocycles. The Morgan fingerprint density at radius 2 is 2.00 bits per heavy atom. The van der Waals surface area contributed by atoms with Gasteiger partial charge in [-0.05, 0) is 63.3 Å². The number of likely N-dealkylation sites (N-methyl/N-ethyl adjacent to an activating group) is 1. The first kappa shape index (κ1) is 18.4. The van der Waals surface area contributed by atoms with E-state index in [-0.39, 0.29) is 10.9 Å². The summed E-state index contributed by atoms with van der Waals surface area (Å²) in [5.41, 5.74) is 0.236. The highest BCUT2D eigenvalue weighted by atomic mass is 32.2. The van der Waals surface area contributed by atoms with Crippen LogP contribution >= 0.6 is 0 Å². The van der Waals surface area contributed by atoms with Gasteiger partial charge in [-0.2, -0.15) is 0 Å². The van der Waals surface area contributed by atoms with E-state index >= 15 is 0 Å². The van der Waals surface area contributed by atoms with Crippen molar-refractivity contribution in [2.24, 2.45) is 11.1 Å². The molecule has 1 aromatic rings. The number of hydrogen-bond acceptors (Lipinski definition) is 4. The molecule has 1 aliphatic rings. The molecule has 1 atom stereocenters. The summed E-state index contributed by atoms with van der Waals surface area (Å²) in [5.74, 6) is 0.685. The average molecular weight is 340 g/mol. The van der Waals surface area contributed by atoms with Crippen LogP contribution in [0, 0.1) is 5.92 Å². The van der Waals surface area contributed by atoms with Gasteiger partial charge < -0.3 is 5.11 Å². The van der Waals surface area contributed by atoms with Gasteiger partial charge in [-0.15, -0.1) is 0 Å². The Hall–Kier alpha value is -0.950. The Bertz CT molecular complexity index is 637. The third kappa shape index (κ3) is 4.76. The van der Waals surface area contributed by atoms with Gasteiger partial charge in [0.2, 0.25) is 10.0 Å². The zero-order valence-electron chi connectivity index (χ0n) is 14.2. The molecule has 3 N–H and O–H groups in total. The second kappa shape index (κ2) is 6.89. The molecule has 0 aromatic heterocycles. The van der Waals surface area contributed by atoms with Crippen LogP contribution in [0.1, 0.15) is 51.1 Å². The molecule has 1 fully saturated rings. The van der Waals surface area contributed by atoms with E-state index in [4.69, 9.17) is 5.14 Å². The van der Waals surface area contributed by atoms with Crippen molar-refractivity contribution in [2.75, 3.05) is 13.6 Å². The standard InChI is InChI=1S/C17H28N2O3S/c1-13-7-9-17(20,10-8-13)12-19(3)14(2)15-5-4-6-16(11-15)23(18,21)22/h4-6,11,13-14,20H,7-10,12H2,1-3H3,(H2,18,21,22). The average Bonchev–Trinajstić information content (AvgIpc) is 2.49. The fourth-order valence-corrected chi connectivity index (χ4v) is 3.83. The summed E-state index contributed by atoms with van der Waals surface area (Å²) < 4.78 is 23.0. The Morgan fingerprint density at radius 1 is 1.39 bits per heavy atom. The number of benzene rings is 1. The predicted octanol–water partition coefficient (Wildman–Crippen LogP) is 2.27. The zero-order chi connectivity index (χ0) is 17.3. The lowest BCUT2D eigenvalue weighted by Gasteiger charge is -2.39. The van der Waals surface area contributed by atoms with E-state index in [0.717, 1.165) is 31.2 Å². The normalized spacial score (nSPS) is 27.1. The SMILES string of the molecule is CC1CCC(O)(CN(C)C(C)c2cccc(S(N)(=O)=O)c2)CC1. The summed E-state index contributed by atoms with van der Waals surface area (Å²) in [7, 11) is -1.74. The van der Waals surface area contributed by atoms with Crippen LogP contribution in [0.4, 0.5) is 0 Å². The van der Waals surface area contributed by atoms with Gasteiger partial charge >= 0.3 is 0 Å². The van der Waals surface area contributed by atoms with Gasteiger partial charge in [0.1, 0.15) is 0 Å². The fraction of sp³-hybridized carbons (Fsp3) is 0.647. The van der Waals surface area contributed by atoms with Crippen LogP contribution in [0.15, 0.2) is 29.2 Å². The summed E-state index contributed by atoms with van der Waals surface area (Å²) in [6.07, 6.45) is 3.75. The quantitative estimate of drug-likeness (QED) is 0.861. The molecule has 1 aliphatic carbocycles. The lowest BCUT2D eigenvalue weighted by Crippen LogP contribution is -2.44. The van der Waals surface area contributed by atoms with Crippen molar-refractivity contribution < 1.29 is 13.5 Å². The molecule has 130 valence electrons. The molecule has 0 amide bonds. The van der Waals surface area contributed by atoms with Gasteiger partial charge in [0.25, 0.3) is 0 Å². The highest BCUT2D eigenvalue weighted by Gasteiger charge is 2.33. The first-order chi connectivity index (χ1) is 10.6. The number of hydrogen-bond donors (Lipinski definition) is 2. The summed E-state index contributed by atoms with van der Waals surface area (Å²) in [4.78, 5) is 2.21. The van der Waals surface area contributed by atoms with Crippen molar-refractivity contribution >= 4 is 10.0 Å². The maximum absolute atomic E-state index is 11.5. The van der Waals surface area contributed by atoms with Gasteiger partial charge in [-0.1, -0.05) is 19.1 Å². The molecular weight excluding hydrogens is 312 g/mol. The van der Waals surface area contributed by atoms with Gasteiger partial charge in [0.05, 0.1) is 10.5 Å². The van der Waals surface area contributed by atoms with Crippen molar-refractivity contribution in [1.82, 2.24) is 4.90 Å². The molecule has 0 aliphatic heterocycles. The van der Waals surface area contributed by atoms with Crippen molar-refractivity contribution in [3.63, 3.8) is 0 Å². The summed E-state index contributed by atoms with van der Waals surface area (Å²) in [6.45, 7) is 4.82. The molecule has 5 nitrogen and oxygen atoms in total. The number of aliphatic hydroxyl groups is 1. The highest BCUT2D eigenvalue weighted by molar-refractivity contribution is 7.89. The third-order valence-electron chi connectivity index (χ3n) is 5.08. The largest absolute Gasteiger partial charge is 0.389 e. The smallest absolute Gasteiger partial charge is 0.238 e. The first-order valence-corrected chi connectivity index (χ1v) is 9.71. The molecule has 2 rings (SSSR count). The van der Waals surface area contributed by atoms with Crippen LogP contribution in [-0.2, 0) is 10.0 Å². The van der Waals surface area contributed by atoms with Gasteiger partial charge in [-0.25, -0.2) is 13.6 Å². The van der Waals surface area contributed by atoms with Crippen molar-refractivity contribution in [3.8, 4) is 0 Å². The van der Waals surface area contributed by atoms with Crippen LogP contribution in [0.25, 0.3) is 0 Å². The van der Waals surface area contributed by atoms with E-state index in [9.17, 15) is 13.5 Å². The highest BCUT2D eigenvalue weighted by Crippen LogP contribution is 2.33. The molecule has 0 spiro atoms. The summed E-state index contributed by atoms with van der Waals surface area (Å²) >= 11 is 0. The van der Waals surface area contributed by atoms with Crippen molar-refractivity contribution in [2.45, 2.75) is 56.1 Å². The number of sulfonamides is 1. The van der Waals surface area contributed by atoms with Crippen LogP contribution in [0.2, 0.25) is 0 Å². The Kier molecular flexibility index (Phi) is 5.51. The molecule has 0 heterocycles. The fourth-order valence-electron chi connectivity index (χ4n) is 3.26. The number of rotatable bonds is 5. The minimum absolute atomic E-state index is 0.0000694. The van der Waals surface area contributed by atoms with E-state index in [1.807, 2.05) is 20.0 Å². The zero-order valence-corrected chi connectivity index (χ0v) is 15.0. The second-order valence-corrected chi connectivity index (χ2v) is 8.68. The van der Waals surface area contributed by atoms with Crippen molar-refractivity contribution in [1.29, 1.82) is 0 Å². The molecule has 1 saturated carbocycles. The molecule has 0 saturated heterocycles. The lowest BCUT2D eigenvalue weighted by atomic mass is 9.79. The van der Waals surface area contributed by atoms with Gasteiger partial charge in [-0.3, -0.25) is 4.90 Å². The van der Waals surface area contributed by atoms with Crippen molar-refractivity contribution in [3.05, 3.63) is 29.8 Å². The minimum Gasteiger partial charge on any atom is -0.389 e. The third-order valence-corrected chi connectivity index (χ3v) is 5.99. The van der Waals surface area contributed by atoms with Crippen LogP contribution in [0.5, 0.6) is 0 Å². The predicted molar refractivity (Wildman–Crippen MR) is 91.4 cm³/mol. The molecule has 0 bridgehead atoms. The molecule has 1 unspecified atom stereocenters. The summed E-state index contributed by atoms with van der Waals surface area (Å²) in [6, 6.07) is 6.71. The topological polar surface area (TPSA) is 83.6 Å². The monoisotopic (exact) mass is 340 g/mol. The minimum atomic E-state index is -3.70. The van der Waals surface area contributed by atoms with E-state index in [0.29, 0.717) is 12.5 Å². The van der Waals surface area contributed by atoms with Gasteiger partial charge in [0, 0.05) is 12.6 Å².